The van der Waals surface area contributed by atoms with E-state index in [1.165, 1.54) is 5.56 Å². The number of nitrogens with zero attached hydrogens (tertiary/aromatic N) is 1. The second kappa shape index (κ2) is 5.83. The topological polar surface area (TPSA) is 23.5 Å². The van der Waals surface area contributed by atoms with Crippen molar-refractivity contribution in [3.63, 3.8) is 0 Å². The highest BCUT2D eigenvalue weighted by molar-refractivity contribution is 5.53. The fraction of sp³-hybridized carbons (Fsp3) is 0.222. The lowest BCUT2D eigenvalue weighted by molar-refractivity contribution is 0.464. The van der Waals surface area contributed by atoms with Crippen molar-refractivity contribution in [3.05, 3.63) is 71.8 Å². The van der Waals surface area contributed by atoms with Crippen molar-refractivity contribution in [1.29, 1.82) is 0 Å². The predicted octanol–water partition coefficient (Wildman–Crippen LogP) is 4.37. The summed E-state index contributed by atoms with van der Waals surface area (Å²) < 4.78 is 0. The van der Waals surface area contributed by atoms with Crippen molar-refractivity contribution >= 4 is 5.69 Å². The normalized spacial score (nSPS) is 11.9. The molecule has 2 rings (SSSR count). The Morgan fingerprint density at radius 3 is 2.45 bits per heavy atom. The third-order valence-electron chi connectivity index (χ3n) is 3.55. The van der Waals surface area contributed by atoms with E-state index in [-0.39, 0.29) is 6.04 Å². The van der Waals surface area contributed by atoms with Crippen LogP contribution in [0.15, 0.2) is 55.1 Å². The molecule has 104 valence electrons. The second-order valence-electron chi connectivity index (χ2n) is 5.19. The van der Waals surface area contributed by atoms with E-state index in [1.807, 2.05) is 38.2 Å². The van der Waals surface area contributed by atoms with Gasteiger partial charge >= 0.3 is 0 Å². The highest BCUT2D eigenvalue weighted by Gasteiger charge is 2.17. The Morgan fingerprint density at radius 2 is 1.80 bits per heavy atom. The summed E-state index contributed by atoms with van der Waals surface area (Å²) in [6.45, 7) is 8.02. The summed E-state index contributed by atoms with van der Waals surface area (Å²) in [7, 11) is 2.02. The Bertz CT molecular complexity index is 619. The van der Waals surface area contributed by atoms with E-state index < -0.39 is 0 Å². The molecule has 0 saturated heterocycles. The van der Waals surface area contributed by atoms with E-state index >= 15 is 0 Å². The molecular weight excluding hydrogens is 246 g/mol. The third kappa shape index (κ3) is 2.85. The van der Waals surface area contributed by atoms with Crippen LogP contribution in [0.25, 0.3) is 0 Å². The average molecular weight is 267 g/mol. The van der Waals surface area contributed by atoms with E-state index in [2.05, 4.69) is 36.6 Å². The molecule has 0 bridgehead atoms. The summed E-state index contributed by atoms with van der Waals surface area (Å²) >= 11 is 0. The van der Waals surface area contributed by atoms with Crippen molar-refractivity contribution in [2.75, 3.05) is 11.9 Å². The third-order valence-corrected chi connectivity index (χ3v) is 3.55. The summed E-state index contributed by atoms with van der Waals surface area (Å²) in [6, 6.07) is 13.9. The molecule has 2 heteroatoms. The summed E-state index contributed by atoms with van der Waals surface area (Å²) in [5.41, 5.74) is 4.33. The largest absolute Gasteiger partial charge is 0.508 e. The molecule has 0 fully saturated rings. The molecule has 20 heavy (non-hydrogen) atoms. The molecule has 0 heterocycles. The molecule has 1 atom stereocenters. The van der Waals surface area contributed by atoms with Crippen LogP contribution in [0.3, 0.4) is 0 Å². The Morgan fingerprint density at radius 1 is 1.10 bits per heavy atom. The van der Waals surface area contributed by atoms with E-state index in [1.54, 1.807) is 6.07 Å². The second-order valence-corrected chi connectivity index (χ2v) is 5.19. The SMILES string of the molecule is C=CC(c1cc(C)ccc1O)N(C)c1cccc(C)c1. The van der Waals surface area contributed by atoms with E-state index in [0.29, 0.717) is 5.75 Å². The van der Waals surface area contributed by atoms with Gasteiger partial charge in [0.15, 0.2) is 0 Å². The lowest BCUT2D eigenvalue weighted by atomic mass is 10.0. The smallest absolute Gasteiger partial charge is 0.121 e. The highest BCUT2D eigenvalue weighted by Crippen LogP contribution is 2.32. The summed E-state index contributed by atoms with van der Waals surface area (Å²) in [5, 5.41) is 10.1. The number of phenolic OH excluding ortho intramolecular Hbond substituents is 1. The van der Waals surface area contributed by atoms with Gasteiger partial charge in [-0.1, -0.05) is 29.8 Å². The van der Waals surface area contributed by atoms with Crippen LogP contribution in [-0.2, 0) is 0 Å². The number of hydrogen-bond donors (Lipinski definition) is 1. The van der Waals surface area contributed by atoms with Gasteiger partial charge in [-0.25, -0.2) is 0 Å². The van der Waals surface area contributed by atoms with Gasteiger partial charge in [0.05, 0.1) is 6.04 Å². The molecule has 1 unspecified atom stereocenters. The molecule has 0 aliphatic carbocycles. The predicted molar refractivity (Wildman–Crippen MR) is 85.4 cm³/mol. The number of hydrogen-bond acceptors (Lipinski definition) is 2. The molecule has 0 saturated carbocycles. The van der Waals surface area contributed by atoms with Gasteiger partial charge in [0, 0.05) is 18.3 Å². The van der Waals surface area contributed by atoms with Crippen LogP contribution in [0.2, 0.25) is 0 Å². The van der Waals surface area contributed by atoms with Gasteiger partial charge < -0.3 is 10.0 Å². The summed E-state index contributed by atoms with van der Waals surface area (Å²) in [5.74, 6) is 0.306. The molecular formula is C18H21NO. The number of rotatable bonds is 4. The number of anilines is 1. The molecule has 0 radical (unpaired) electrons. The molecule has 0 spiro atoms. The first-order chi connectivity index (χ1) is 9.52. The molecule has 0 aliphatic heterocycles. The quantitative estimate of drug-likeness (QED) is 0.831. The van der Waals surface area contributed by atoms with Crippen molar-refractivity contribution in [2.45, 2.75) is 19.9 Å². The van der Waals surface area contributed by atoms with Gasteiger partial charge in [-0.3, -0.25) is 0 Å². The minimum Gasteiger partial charge on any atom is -0.508 e. The molecule has 2 nitrogen and oxygen atoms in total. The van der Waals surface area contributed by atoms with Crippen molar-refractivity contribution < 1.29 is 5.11 Å². The molecule has 0 amide bonds. The fourth-order valence-corrected chi connectivity index (χ4v) is 2.41. The minimum atomic E-state index is -0.0586. The monoisotopic (exact) mass is 267 g/mol. The molecule has 1 N–H and O–H groups in total. The lowest BCUT2D eigenvalue weighted by Gasteiger charge is -2.29. The first-order valence-corrected chi connectivity index (χ1v) is 6.74. The Labute approximate surface area is 121 Å². The van der Waals surface area contributed by atoms with E-state index in [4.69, 9.17) is 0 Å². The minimum absolute atomic E-state index is 0.0586. The number of likely N-dealkylation sites (N-methyl/N-ethyl adjacent to an activating group) is 1. The van der Waals surface area contributed by atoms with Gasteiger partial charge in [-0.05, 0) is 43.7 Å². The highest BCUT2D eigenvalue weighted by atomic mass is 16.3. The standard InChI is InChI=1S/C18H21NO/c1-5-17(16-12-14(3)9-10-18(16)20)19(4)15-8-6-7-13(2)11-15/h5-12,17,20H,1H2,2-4H3. The maximum absolute atomic E-state index is 10.1. The van der Waals surface area contributed by atoms with Gasteiger partial charge in [-0.15, -0.1) is 6.58 Å². The Kier molecular flexibility index (Phi) is 4.14. The number of aryl methyl sites for hydroxylation is 2. The summed E-state index contributed by atoms with van der Waals surface area (Å²) in [6.07, 6.45) is 1.86. The molecule has 0 aliphatic rings. The average Bonchev–Trinajstić information content (AvgIpc) is 2.43. The van der Waals surface area contributed by atoms with Crippen LogP contribution in [0.1, 0.15) is 22.7 Å². The van der Waals surface area contributed by atoms with Crippen LogP contribution in [0.5, 0.6) is 5.75 Å². The van der Waals surface area contributed by atoms with Crippen molar-refractivity contribution in [2.24, 2.45) is 0 Å². The Hall–Kier alpha value is -2.22. The number of benzene rings is 2. The first kappa shape index (κ1) is 14.2. The van der Waals surface area contributed by atoms with Gasteiger partial charge in [-0.2, -0.15) is 0 Å². The van der Waals surface area contributed by atoms with Gasteiger partial charge in [0.1, 0.15) is 5.75 Å². The van der Waals surface area contributed by atoms with Crippen LogP contribution < -0.4 is 4.90 Å². The lowest BCUT2D eigenvalue weighted by Crippen LogP contribution is -2.22. The molecule has 0 aromatic heterocycles. The van der Waals surface area contributed by atoms with Gasteiger partial charge in [0.25, 0.3) is 0 Å². The van der Waals surface area contributed by atoms with Gasteiger partial charge in [0.2, 0.25) is 0 Å². The van der Waals surface area contributed by atoms with Crippen molar-refractivity contribution in [3.8, 4) is 5.75 Å². The maximum atomic E-state index is 10.1. The zero-order valence-corrected chi connectivity index (χ0v) is 12.3. The zero-order valence-electron chi connectivity index (χ0n) is 12.3. The fourth-order valence-electron chi connectivity index (χ4n) is 2.41. The van der Waals surface area contributed by atoms with Crippen molar-refractivity contribution in [1.82, 2.24) is 0 Å². The molecule has 2 aromatic carbocycles. The Balaban J connectivity index is 2.41. The van der Waals surface area contributed by atoms with Crippen LogP contribution in [-0.4, -0.2) is 12.2 Å². The first-order valence-electron chi connectivity index (χ1n) is 6.74. The van der Waals surface area contributed by atoms with Crippen LogP contribution in [0.4, 0.5) is 5.69 Å². The van der Waals surface area contributed by atoms with E-state index in [0.717, 1.165) is 16.8 Å². The molecule has 2 aromatic rings. The maximum Gasteiger partial charge on any atom is 0.121 e. The van der Waals surface area contributed by atoms with E-state index in [9.17, 15) is 5.11 Å². The van der Waals surface area contributed by atoms with Crippen LogP contribution in [0, 0.1) is 13.8 Å². The summed E-state index contributed by atoms with van der Waals surface area (Å²) in [4.78, 5) is 2.12. The number of phenols is 1. The van der Waals surface area contributed by atoms with Crippen LogP contribution >= 0.6 is 0 Å². The zero-order chi connectivity index (χ0) is 14.7. The number of aromatic hydroxyl groups is 1.